The molecule has 146 valence electrons. The number of carbonyl (C=O) groups excluding carboxylic acids is 2. The molecule has 7 heteroatoms. The number of unbranched alkanes of at least 4 members (excludes halogenated alkanes) is 3. The van der Waals surface area contributed by atoms with E-state index < -0.39 is 5.97 Å². The quantitative estimate of drug-likeness (QED) is 0.539. The molecule has 0 bridgehead atoms. The van der Waals surface area contributed by atoms with Gasteiger partial charge < -0.3 is 14.6 Å². The number of esters is 1. The Kier molecular flexibility index (Phi) is 7.52. The predicted octanol–water partition coefficient (Wildman–Crippen LogP) is 2.58. The summed E-state index contributed by atoms with van der Waals surface area (Å²) in [6, 6.07) is 4.84. The van der Waals surface area contributed by atoms with Gasteiger partial charge in [0.2, 0.25) is 0 Å². The third-order valence-electron chi connectivity index (χ3n) is 4.35. The number of amides is 1. The fourth-order valence-corrected chi connectivity index (χ4v) is 2.86. The van der Waals surface area contributed by atoms with Gasteiger partial charge >= 0.3 is 5.97 Å². The lowest BCUT2D eigenvalue weighted by Crippen LogP contribution is -2.29. The first-order chi connectivity index (χ1) is 13.0. The molecule has 0 saturated carbocycles. The van der Waals surface area contributed by atoms with Crippen LogP contribution in [0.2, 0.25) is 0 Å². The molecule has 0 fully saturated rings. The van der Waals surface area contributed by atoms with Crippen molar-refractivity contribution in [1.82, 2.24) is 14.9 Å². The van der Waals surface area contributed by atoms with E-state index in [2.05, 4.69) is 17.2 Å². The SMILES string of the molecule is CCCCCCNC(=O)COC(=O)c1ccc2c(c1)nc(C)c(=O)n2CC. The normalized spacial score (nSPS) is 10.8. The van der Waals surface area contributed by atoms with Gasteiger partial charge in [0.1, 0.15) is 5.69 Å². The average molecular weight is 373 g/mol. The van der Waals surface area contributed by atoms with Crippen LogP contribution in [0.5, 0.6) is 0 Å². The molecule has 0 unspecified atom stereocenters. The molecule has 7 nitrogen and oxygen atoms in total. The molecule has 1 amide bonds. The highest BCUT2D eigenvalue weighted by molar-refractivity contribution is 5.94. The first-order valence-electron chi connectivity index (χ1n) is 9.43. The van der Waals surface area contributed by atoms with E-state index in [1.54, 1.807) is 29.7 Å². The lowest BCUT2D eigenvalue weighted by molar-refractivity contribution is -0.124. The minimum Gasteiger partial charge on any atom is -0.452 e. The highest BCUT2D eigenvalue weighted by atomic mass is 16.5. The van der Waals surface area contributed by atoms with E-state index in [4.69, 9.17) is 4.74 Å². The van der Waals surface area contributed by atoms with Crippen molar-refractivity contribution in [2.45, 2.75) is 53.0 Å². The number of aromatic nitrogens is 2. The summed E-state index contributed by atoms with van der Waals surface area (Å²) < 4.78 is 6.69. The van der Waals surface area contributed by atoms with Gasteiger partial charge in [-0.1, -0.05) is 26.2 Å². The maximum absolute atomic E-state index is 12.2. The molecule has 0 aliphatic rings. The highest BCUT2D eigenvalue weighted by Gasteiger charge is 2.13. The molecule has 0 radical (unpaired) electrons. The van der Waals surface area contributed by atoms with Crippen LogP contribution in [0.25, 0.3) is 11.0 Å². The fraction of sp³-hybridized carbons (Fsp3) is 0.500. The van der Waals surface area contributed by atoms with E-state index in [-0.39, 0.29) is 18.1 Å². The number of benzene rings is 1. The van der Waals surface area contributed by atoms with E-state index in [0.717, 1.165) is 25.7 Å². The van der Waals surface area contributed by atoms with Gasteiger partial charge in [0.25, 0.3) is 11.5 Å². The Morgan fingerprint density at radius 1 is 1.19 bits per heavy atom. The van der Waals surface area contributed by atoms with E-state index in [9.17, 15) is 14.4 Å². The lowest BCUT2D eigenvalue weighted by atomic mass is 10.2. The molecule has 2 aromatic rings. The molecule has 1 aromatic heterocycles. The van der Waals surface area contributed by atoms with Crippen molar-refractivity contribution in [1.29, 1.82) is 0 Å². The summed E-state index contributed by atoms with van der Waals surface area (Å²) in [5.74, 6) is -0.902. The Bertz CT molecular complexity index is 873. The second-order valence-corrected chi connectivity index (χ2v) is 6.44. The third-order valence-corrected chi connectivity index (χ3v) is 4.35. The second-order valence-electron chi connectivity index (χ2n) is 6.44. The molecule has 27 heavy (non-hydrogen) atoms. The summed E-state index contributed by atoms with van der Waals surface area (Å²) in [6.07, 6.45) is 4.28. The van der Waals surface area contributed by atoms with Crippen LogP contribution in [-0.2, 0) is 16.1 Å². The Balaban J connectivity index is 1.98. The summed E-state index contributed by atoms with van der Waals surface area (Å²) in [7, 11) is 0. The molecular formula is C20H27N3O4. The molecule has 0 aliphatic heterocycles. The summed E-state index contributed by atoms with van der Waals surface area (Å²) in [5.41, 5.74) is 1.73. The summed E-state index contributed by atoms with van der Waals surface area (Å²) in [4.78, 5) is 40.4. The molecule has 0 spiro atoms. The number of rotatable bonds is 9. The van der Waals surface area contributed by atoms with Crippen molar-refractivity contribution in [3.05, 3.63) is 39.8 Å². The molecule has 1 aromatic carbocycles. The smallest absolute Gasteiger partial charge is 0.338 e. The third kappa shape index (κ3) is 5.39. The zero-order valence-corrected chi connectivity index (χ0v) is 16.2. The topological polar surface area (TPSA) is 90.3 Å². The minimum atomic E-state index is -0.591. The molecule has 0 saturated heterocycles. The Hall–Kier alpha value is -2.70. The number of nitrogens with one attached hydrogen (secondary N) is 1. The number of fused-ring (bicyclic) bond motifs is 1. The van der Waals surface area contributed by atoms with Crippen molar-refractivity contribution < 1.29 is 14.3 Å². The van der Waals surface area contributed by atoms with Crippen LogP contribution in [0, 0.1) is 6.92 Å². The van der Waals surface area contributed by atoms with Gasteiger partial charge in [0.05, 0.1) is 16.6 Å². The monoisotopic (exact) mass is 373 g/mol. The van der Waals surface area contributed by atoms with E-state index in [1.807, 2.05) is 6.92 Å². The highest BCUT2D eigenvalue weighted by Crippen LogP contribution is 2.14. The van der Waals surface area contributed by atoms with Crippen LogP contribution in [-0.4, -0.2) is 34.6 Å². The molecule has 1 heterocycles. The Morgan fingerprint density at radius 2 is 1.96 bits per heavy atom. The Morgan fingerprint density at radius 3 is 2.67 bits per heavy atom. The zero-order chi connectivity index (χ0) is 19.8. The van der Waals surface area contributed by atoms with Crippen molar-refractivity contribution in [2.75, 3.05) is 13.2 Å². The predicted molar refractivity (Wildman–Crippen MR) is 104 cm³/mol. The van der Waals surface area contributed by atoms with Gasteiger partial charge in [-0.15, -0.1) is 0 Å². The number of hydrogen-bond donors (Lipinski definition) is 1. The van der Waals surface area contributed by atoms with Gasteiger partial charge in [-0.05, 0) is 38.5 Å². The van der Waals surface area contributed by atoms with Crippen LogP contribution in [0.15, 0.2) is 23.0 Å². The Labute approximate surface area is 158 Å². The fourth-order valence-electron chi connectivity index (χ4n) is 2.86. The van der Waals surface area contributed by atoms with Gasteiger partial charge in [0.15, 0.2) is 6.61 Å². The number of hydrogen-bond acceptors (Lipinski definition) is 5. The van der Waals surface area contributed by atoms with Gasteiger partial charge in [-0.3, -0.25) is 9.59 Å². The van der Waals surface area contributed by atoms with Crippen LogP contribution in [0.4, 0.5) is 0 Å². The van der Waals surface area contributed by atoms with Crippen LogP contribution >= 0.6 is 0 Å². The van der Waals surface area contributed by atoms with Gasteiger partial charge in [-0.2, -0.15) is 0 Å². The first-order valence-corrected chi connectivity index (χ1v) is 9.43. The summed E-state index contributed by atoms with van der Waals surface area (Å²) in [5, 5.41) is 2.74. The molecule has 2 rings (SSSR count). The number of carbonyl (C=O) groups is 2. The van der Waals surface area contributed by atoms with Crippen molar-refractivity contribution in [2.24, 2.45) is 0 Å². The largest absolute Gasteiger partial charge is 0.452 e. The molecule has 0 aliphatic carbocycles. The first kappa shape index (κ1) is 20.6. The minimum absolute atomic E-state index is 0.143. The van der Waals surface area contributed by atoms with Gasteiger partial charge in [-0.25, -0.2) is 9.78 Å². The van der Waals surface area contributed by atoms with Crippen LogP contribution in [0.1, 0.15) is 55.6 Å². The van der Waals surface area contributed by atoms with Crippen molar-refractivity contribution in [3.63, 3.8) is 0 Å². The lowest BCUT2D eigenvalue weighted by Gasteiger charge is -2.10. The zero-order valence-electron chi connectivity index (χ0n) is 16.2. The maximum Gasteiger partial charge on any atom is 0.338 e. The molecule has 1 N–H and O–H groups in total. The number of ether oxygens (including phenoxy) is 1. The van der Waals surface area contributed by atoms with E-state index in [1.165, 1.54) is 0 Å². The molecular weight excluding hydrogens is 346 g/mol. The van der Waals surface area contributed by atoms with Crippen LogP contribution in [0.3, 0.4) is 0 Å². The summed E-state index contributed by atoms with van der Waals surface area (Å²) in [6.45, 7) is 6.44. The summed E-state index contributed by atoms with van der Waals surface area (Å²) >= 11 is 0. The number of nitrogens with zero attached hydrogens (tertiary/aromatic N) is 2. The number of aryl methyl sites for hydroxylation is 2. The van der Waals surface area contributed by atoms with E-state index in [0.29, 0.717) is 35.4 Å². The van der Waals surface area contributed by atoms with Crippen molar-refractivity contribution in [3.8, 4) is 0 Å². The molecule has 0 atom stereocenters. The van der Waals surface area contributed by atoms with Crippen molar-refractivity contribution >= 4 is 22.9 Å². The maximum atomic E-state index is 12.2. The van der Waals surface area contributed by atoms with E-state index >= 15 is 0 Å². The second kappa shape index (κ2) is 9.85. The van der Waals surface area contributed by atoms with Crippen LogP contribution < -0.4 is 10.9 Å². The van der Waals surface area contributed by atoms with Gasteiger partial charge in [0, 0.05) is 13.1 Å². The average Bonchev–Trinajstić information content (AvgIpc) is 2.66. The standard InChI is InChI=1S/C20H27N3O4/c1-4-6-7-8-11-21-18(24)13-27-20(26)15-9-10-17-16(12-15)22-14(3)19(25)23(17)5-2/h9-10,12H,4-8,11,13H2,1-3H3,(H,21,24).